The van der Waals surface area contributed by atoms with E-state index in [2.05, 4.69) is 170 Å². The molecular weight excluding hydrogens is 585 g/mol. The van der Waals surface area contributed by atoms with Crippen molar-refractivity contribution < 1.29 is 0 Å². The zero-order chi connectivity index (χ0) is 30.9. The molecular formula is C46H28S. The minimum atomic E-state index is 1.24. The van der Waals surface area contributed by atoms with Gasteiger partial charge >= 0.3 is 0 Å². The Labute approximate surface area is 276 Å². The summed E-state index contributed by atoms with van der Waals surface area (Å²) >= 11 is 1.87. The van der Waals surface area contributed by atoms with Crippen LogP contribution in [0.2, 0.25) is 0 Å². The maximum absolute atomic E-state index is 2.41. The first-order chi connectivity index (χ1) is 23.3. The second-order valence-electron chi connectivity index (χ2n) is 12.5. The highest BCUT2D eigenvalue weighted by molar-refractivity contribution is 7.25. The Morgan fingerprint density at radius 1 is 0.298 bits per heavy atom. The van der Waals surface area contributed by atoms with Crippen LogP contribution in [0.4, 0.5) is 0 Å². The highest BCUT2D eigenvalue weighted by atomic mass is 32.1. The van der Waals surface area contributed by atoms with Gasteiger partial charge in [0.2, 0.25) is 0 Å². The van der Waals surface area contributed by atoms with Gasteiger partial charge in [-0.3, -0.25) is 0 Å². The number of thiophene rings is 1. The minimum absolute atomic E-state index is 1.24. The van der Waals surface area contributed by atoms with E-state index in [1.54, 1.807) is 0 Å². The Morgan fingerprint density at radius 2 is 0.830 bits per heavy atom. The predicted molar refractivity (Wildman–Crippen MR) is 206 cm³/mol. The Kier molecular flexibility index (Phi) is 5.85. The third-order valence-electron chi connectivity index (χ3n) is 9.81. The molecule has 47 heavy (non-hydrogen) atoms. The molecule has 0 aliphatic heterocycles. The summed E-state index contributed by atoms with van der Waals surface area (Å²) in [6, 6.07) is 63.0. The Balaban J connectivity index is 1.36. The van der Waals surface area contributed by atoms with Crippen LogP contribution < -0.4 is 0 Å². The van der Waals surface area contributed by atoms with Gasteiger partial charge in [-0.15, -0.1) is 11.3 Å². The third-order valence-corrected chi connectivity index (χ3v) is 11.0. The summed E-state index contributed by atoms with van der Waals surface area (Å²) in [6.07, 6.45) is 0. The van der Waals surface area contributed by atoms with Gasteiger partial charge < -0.3 is 0 Å². The van der Waals surface area contributed by atoms with E-state index in [1.165, 1.54) is 96.6 Å². The average Bonchev–Trinajstić information content (AvgIpc) is 3.51. The van der Waals surface area contributed by atoms with Gasteiger partial charge in [0.15, 0.2) is 0 Å². The molecule has 218 valence electrons. The van der Waals surface area contributed by atoms with E-state index < -0.39 is 0 Å². The highest BCUT2D eigenvalue weighted by Gasteiger charge is 2.20. The van der Waals surface area contributed by atoms with E-state index in [4.69, 9.17) is 0 Å². The zero-order valence-electron chi connectivity index (χ0n) is 25.6. The molecule has 1 aromatic heterocycles. The second kappa shape index (κ2) is 10.4. The fourth-order valence-corrected chi connectivity index (χ4v) is 8.75. The first kappa shape index (κ1) is 26.5. The number of rotatable bonds is 3. The molecule has 0 saturated heterocycles. The Hall–Kier alpha value is -5.76. The van der Waals surface area contributed by atoms with Crippen molar-refractivity contribution in [3.8, 4) is 33.4 Å². The van der Waals surface area contributed by atoms with Crippen LogP contribution in [0.25, 0.3) is 96.6 Å². The number of fused-ring (bicyclic) bond motifs is 7. The van der Waals surface area contributed by atoms with Crippen LogP contribution in [-0.2, 0) is 0 Å². The minimum Gasteiger partial charge on any atom is -0.135 e. The standard InChI is InChI=1S/C46H28S/c1-3-12-31-26-34(22-20-29(31)10-1)44-38-15-5-6-16-39(38)45(35-23-21-30-11-2-4-13-32(30)27-35)46-36(17-9-18-40(44)46)33-24-25-43-41(28-33)37-14-7-8-19-42(37)47-43/h1-28H. The van der Waals surface area contributed by atoms with E-state index in [-0.39, 0.29) is 0 Å². The molecule has 0 atom stereocenters. The molecule has 0 radical (unpaired) electrons. The molecule has 0 aliphatic carbocycles. The molecule has 10 aromatic rings. The van der Waals surface area contributed by atoms with Gasteiger partial charge in [0.1, 0.15) is 0 Å². The Bertz CT molecular complexity index is 2850. The fraction of sp³-hybridized carbons (Fsp3) is 0. The first-order valence-corrected chi connectivity index (χ1v) is 17.0. The SMILES string of the molecule is c1ccc2cc(-c3c4ccccc4c(-c4ccc5ccccc5c4)c4c(-c5ccc6sc7ccccc7c6c5)cccc34)ccc2c1. The normalized spacial score (nSPS) is 11.8. The van der Waals surface area contributed by atoms with Crippen LogP contribution in [-0.4, -0.2) is 0 Å². The van der Waals surface area contributed by atoms with Gasteiger partial charge in [-0.05, 0) is 107 Å². The summed E-state index contributed by atoms with van der Waals surface area (Å²) < 4.78 is 2.66. The number of hydrogen-bond donors (Lipinski definition) is 0. The molecule has 0 fully saturated rings. The average molecular weight is 613 g/mol. The quantitative estimate of drug-likeness (QED) is 0.174. The van der Waals surface area contributed by atoms with E-state index in [9.17, 15) is 0 Å². The third kappa shape index (κ3) is 4.14. The fourth-order valence-electron chi connectivity index (χ4n) is 7.66. The van der Waals surface area contributed by atoms with Crippen LogP contribution in [0, 0.1) is 0 Å². The molecule has 10 rings (SSSR count). The van der Waals surface area contributed by atoms with Crippen LogP contribution in [0.15, 0.2) is 170 Å². The van der Waals surface area contributed by atoms with Crippen molar-refractivity contribution in [2.24, 2.45) is 0 Å². The summed E-state index contributed by atoms with van der Waals surface area (Å²) in [6.45, 7) is 0. The topological polar surface area (TPSA) is 0 Å². The van der Waals surface area contributed by atoms with Gasteiger partial charge in [-0.25, -0.2) is 0 Å². The monoisotopic (exact) mass is 612 g/mol. The van der Waals surface area contributed by atoms with Crippen LogP contribution in [0.1, 0.15) is 0 Å². The summed E-state index contributed by atoms with van der Waals surface area (Å²) in [5.74, 6) is 0. The lowest BCUT2D eigenvalue weighted by Crippen LogP contribution is -1.93. The number of benzene rings is 9. The summed E-state index contributed by atoms with van der Waals surface area (Å²) in [5.41, 5.74) is 7.56. The molecule has 0 saturated carbocycles. The van der Waals surface area contributed by atoms with Crippen LogP contribution in [0.3, 0.4) is 0 Å². The van der Waals surface area contributed by atoms with E-state index >= 15 is 0 Å². The zero-order valence-corrected chi connectivity index (χ0v) is 26.4. The molecule has 0 bridgehead atoms. The molecule has 0 aliphatic rings. The molecule has 1 heterocycles. The predicted octanol–water partition coefficient (Wildman–Crippen LogP) is 13.7. The van der Waals surface area contributed by atoms with E-state index in [1.807, 2.05) is 11.3 Å². The largest absolute Gasteiger partial charge is 0.135 e. The maximum Gasteiger partial charge on any atom is 0.0355 e. The van der Waals surface area contributed by atoms with Gasteiger partial charge in [0, 0.05) is 20.2 Å². The summed E-state index contributed by atoms with van der Waals surface area (Å²) in [7, 11) is 0. The lowest BCUT2D eigenvalue weighted by Gasteiger charge is -2.21. The second-order valence-corrected chi connectivity index (χ2v) is 13.5. The Morgan fingerprint density at radius 3 is 1.55 bits per heavy atom. The summed E-state index contributed by atoms with van der Waals surface area (Å²) in [4.78, 5) is 0. The van der Waals surface area contributed by atoms with Crippen molar-refractivity contribution in [1.82, 2.24) is 0 Å². The molecule has 9 aromatic carbocycles. The van der Waals surface area contributed by atoms with Gasteiger partial charge in [0.05, 0.1) is 0 Å². The molecule has 0 nitrogen and oxygen atoms in total. The number of hydrogen-bond acceptors (Lipinski definition) is 1. The highest BCUT2D eigenvalue weighted by Crippen LogP contribution is 2.48. The van der Waals surface area contributed by atoms with Crippen LogP contribution in [0.5, 0.6) is 0 Å². The van der Waals surface area contributed by atoms with Crippen molar-refractivity contribution in [3.63, 3.8) is 0 Å². The van der Waals surface area contributed by atoms with Crippen molar-refractivity contribution in [2.75, 3.05) is 0 Å². The van der Waals surface area contributed by atoms with E-state index in [0.29, 0.717) is 0 Å². The lowest BCUT2D eigenvalue weighted by molar-refractivity contribution is 1.66. The molecule has 1 heteroatoms. The maximum atomic E-state index is 2.41. The van der Waals surface area contributed by atoms with Gasteiger partial charge in [-0.1, -0.05) is 140 Å². The molecule has 0 N–H and O–H groups in total. The van der Waals surface area contributed by atoms with Crippen molar-refractivity contribution in [3.05, 3.63) is 170 Å². The molecule has 0 amide bonds. The van der Waals surface area contributed by atoms with Crippen LogP contribution >= 0.6 is 11.3 Å². The van der Waals surface area contributed by atoms with Gasteiger partial charge in [0.25, 0.3) is 0 Å². The molecule has 0 unspecified atom stereocenters. The summed E-state index contributed by atoms with van der Waals surface area (Å²) in [5, 5.41) is 12.8. The molecule has 0 spiro atoms. The first-order valence-electron chi connectivity index (χ1n) is 16.2. The lowest BCUT2D eigenvalue weighted by atomic mass is 9.82. The van der Waals surface area contributed by atoms with Gasteiger partial charge in [-0.2, -0.15) is 0 Å². The van der Waals surface area contributed by atoms with Crippen molar-refractivity contribution in [1.29, 1.82) is 0 Å². The van der Waals surface area contributed by atoms with Crippen molar-refractivity contribution >= 4 is 74.6 Å². The van der Waals surface area contributed by atoms with Crippen molar-refractivity contribution in [2.45, 2.75) is 0 Å². The smallest absolute Gasteiger partial charge is 0.0355 e. The van der Waals surface area contributed by atoms with E-state index in [0.717, 1.165) is 0 Å².